The van der Waals surface area contributed by atoms with E-state index in [4.69, 9.17) is 9.94 Å². The van der Waals surface area contributed by atoms with Gasteiger partial charge in [0.05, 0.1) is 5.92 Å². The molecule has 8 nitrogen and oxygen atoms in total. The van der Waals surface area contributed by atoms with Crippen molar-refractivity contribution in [3.05, 3.63) is 0 Å². The van der Waals surface area contributed by atoms with E-state index >= 15 is 0 Å². The predicted octanol–water partition coefficient (Wildman–Crippen LogP) is 0.992. The van der Waals surface area contributed by atoms with Crippen LogP contribution < -0.4 is 5.48 Å². The molecule has 144 valence electrons. The number of unbranched alkanes of at least 4 members (excludes halogenated alkanes) is 1. The van der Waals surface area contributed by atoms with Gasteiger partial charge in [-0.05, 0) is 40.0 Å². The summed E-state index contributed by atoms with van der Waals surface area (Å²) in [4.78, 5) is 38.2. The third-order valence-electron chi connectivity index (χ3n) is 4.16. The summed E-state index contributed by atoms with van der Waals surface area (Å²) in [6, 6.07) is -0.708. The first-order chi connectivity index (χ1) is 11.6. The molecule has 1 fully saturated rings. The van der Waals surface area contributed by atoms with Crippen LogP contribution in [-0.4, -0.2) is 57.3 Å². The molecule has 3 N–H and O–H groups in total. The highest BCUT2D eigenvalue weighted by Crippen LogP contribution is 2.26. The lowest BCUT2D eigenvalue weighted by Crippen LogP contribution is -2.50. The van der Waals surface area contributed by atoms with Crippen molar-refractivity contribution in [1.29, 1.82) is 0 Å². The molecule has 0 spiro atoms. The molecule has 1 rings (SSSR count). The largest absolute Gasteiger partial charge is 0.458 e. The first-order valence-corrected chi connectivity index (χ1v) is 8.77. The topological polar surface area (TPSA) is 116 Å². The second-order valence-electron chi connectivity index (χ2n) is 7.39. The fourth-order valence-electron chi connectivity index (χ4n) is 2.95. The summed E-state index contributed by atoms with van der Waals surface area (Å²) in [5.74, 6) is -2.97. The number of rotatable bonds is 7. The molecule has 0 bridgehead atoms. The Morgan fingerprint density at radius 3 is 2.48 bits per heavy atom. The fourth-order valence-corrected chi connectivity index (χ4v) is 2.95. The normalized spacial score (nSPS) is 20.1. The molecule has 1 saturated heterocycles. The lowest BCUT2D eigenvalue weighted by Gasteiger charge is -2.31. The molecule has 8 heteroatoms. The number of likely N-dealkylation sites (tertiary alicyclic amines) is 1. The van der Waals surface area contributed by atoms with Gasteiger partial charge in [-0.2, -0.15) is 0 Å². The zero-order valence-electron chi connectivity index (χ0n) is 15.4. The summed E-state index contributed by atoms with van der Waals surface area (Å²) in [5, 5.41) is 18.8. The summed E-state index contributed by atoms with van der Waals surface area (Å²) in [7, 11) is 0. The third-order valence-corrected chi connectivity index (χ3v) is 4.16. The van der Waals surface area contributed by atoms with Gasteiger partial charge < -0.3 is 14.7 Å². The van der Waals surface area contributed by atoms with Crippen LogP contribution in [0.15, 0.2) is 0 Å². The fraction of sp³-hybridized carbons (Fsp3) is 0.824. The van der Waals surface area contributed by atoms with Crippen molar-refractivity contribution in [2.24, 2.45) is 5.92 Å². The standard InChI is InChI=1S/C17H30N2O6/c1-5-6-8-11(13(20)14(21)18-24)15(22)19-10-7-9-12(19)16(23)25-17(2,3)4/h11-13,20,24H,5-10H2,1-4H3,(H,18,21)/t11-,12+,13-/m1/s1. The summed E-state index contributed by atoms with van der Waals surface area (Å²) in [6.07, 6.45) is 1.19. The molecule has 0 saturated carbocycles. The monoisotopic (exact) mass is 358 g/mol. The van der Waals surface area contributed by atoms with E-state index in [2.05, 4.69) is 0 Å². The molecule has 2 amide bonds. The number of amides is 2. The number of ether oxygens (including phenoxy) is 1. The van der Waals surface area contributed by atoms with Crippen LogP contribution in [0.25, 0.3) is 0 Å². The second-order valence-corrected chi connectivity index (χ2v) is 7.39. The first-order valence-electron chi connectivity index (χ1n) is 8.77. The zero-order valence-corrected chi connectivity index (χ0v) is 15.4. The molecule has 25 heavy (non-hydrogen) atoms. The Kier molecular flexibility index (Phi) is 7.82. The van der Waals surface area contributed by atoms with Crippen LogP contribution >= 0.6 is 0 Å². The minimum atomic E-state index is -1.66. The highest BCUT2D eigenvalue weighted by atomic mass is 16.6. The van der Waals surface area contributed by atoms with Gasteiger partial charge in [-0.15, -0.1) is 0 Å². The van der Waals surface area contributed by atoms with Crippen LogP contribution in [0.1, 0.15) is 59.8 Å². The number of hydroxylamine groups is 1. The number of aliphatic hydroxyl groups excluding tert-OH is 1. The minimum absolute atomic E-state index is 0.293. The lowest BCUT2D eigenvalue weighted by atomic mass is 9.93. The van der Waals surface area contributed by atoms with Gasteiger partial charge in [-0.25, -0.2) is 10.3 Å². The van der Waals surface area contributed by atoms with Crippen LogP contribution in [0.2, 0.25) is 0 Å². The maximum Gasteiger partial charge on any atom is 0.329 e. The molecule has 0 unspecified atom stereocenters. The Hall–Kier alpha value is -1.67. The van der Waals surface area contributed by atoms with E-state index in [1.807, 2.05) is 6.92 Å². The smallest absolute Gasteiger partial charge is 0.329 e. The Bertz CT molecular complexity index is 488. The van der Waals surface area contributed by atoms with Gasteiger partial charge in [-0.1, -0.05) is 19.8 Å². The molecule has 1 aliphatic heterocycles. The molecule has 1 aliphatic rings. The molecule has 0 aromatic carbocycles. The number of hydrogen-bond donors (Lipinski definition) is 3. The van der Waals surface area contributed by atoms with Gasteiger partial charge >= 0.3 is 5.97 Å². The molecular weight excluding hydrogens is 328 g/mol. The summed E-state index contributed by atoms with van der Waals surface area (Å²) >= 11 is 0. The number of hydrogen-bond acceptors (Lipinski definition) is 6. The van der Waals surface area contributed by atoms with E-state index in [0.717, 1.165) is 6.42 Å². The van der Waals surface area contributed by atoms with Gasteiger partial charge in [0.1, 0.15) is 17.7 Å². The van der Waals surface area contributed by atoms with Crippen LogP contribution in [0, 0.1) is 5.92 Å². The van der Waals surface area contributed by atoms with Crippen molar-refractivity contribution >= 4 is 17.8 Å². The van der Waals surface area contributed by atoms with Gasteiger partial charge in [0, 0.05) is 6.54 Å². The van der Waals surface area contributed by atoms with Crippen molar-refractivity contribution in [3.8, 4) is 0 Å². The predicted molar refractivity (Wildman–Crippen MR) is 89.5 cm³/mol. The van der Waals surface area contributed by atoms with Crippen LogP contribution in [0.4, 0.5) is 0 Å². The van der Waals surface area contributed by atoms with Gasteiger partial charge in [0.25, 0.3) is 5.91 Å². The van der Waals surface area contributed by atoms with Gasteiger partial charge in [0.2, 0.25) is 5.91 Å². The maximum absolute atomic E-state index is 12.9. The van der Waals surface area contributed by atoms with Crippen molar-refractivity contribution < 1.29 is 29.4 Å². The van der Waals surface area contributed by atoms with E-state index in [0.29, 0.717) is 32.2 Å². The second kappa shape index (κ2) is 9.15. The molecule has 0 aliphatic carbocycles. The van der Waals surface area contributed by atoms with E-state index in [1.165, 1.54) is 10.4 Å². The Balaban J connectivity index is 2.93. The van der Waals surface area contributed by atoms with Crippen LogP contribution in [-0.2, 0) is 19.1 Å². The average molecular weight is 358 g/mol. The Morgan fingerprint density at radius 2 is 1.96 bits per heavy atom. The van der Waals surface area contributed by atoms with E-state index < -0.39 is 41.4 Å². The Morgan fingerprint density at radius 1 is 1.32 bits per heavy atom. The van der Waals surface area contributed by atoms with Gasteiger partial charge in [-0.3, -0.25) is 14.8 Å². The lowest BCUT2D eigenvalue weighted by molar-refractivity contribution is -0.165. The number of aliphatic hydroxyl groups is 1. The van der Waals surface area contributed by atoms with Crippen molar-refractivity contribution in [2.45, 2.75) is 77.5 Å². The zero-order chi connectivity index (χ0) is 19.2. The summed E-state index contributed by atoms with van der Waals surface area (Å²) < 4.78 is 5.38. The summed E-state index contributed by atoms with van der Waals surface area (Å²) in [5.41, 5.74) is 0.720. The number of nitrogens with one attached hydrogen (secondary N) is 1. The molecule has 0 radical (unpaired) electrons. The van der Waals surface area contributed by atoms with Crippen molar-refractivity contribution in [3.63, 3.8) is 0 Å². The average Bonchev–Trinajstić information content (AvgIpc) is 3.02. The minimum Gasteiger partial charge on any atom is -0.458 e. The molecular formula is C17H30N2O6. The first kappa shape index (κ1) is 21.4. The highest BCUT2D eigenvalue weighted by Gasteiger charge is 2.42. The quantitative estimate of drug-likeness (QED) is 0.355. The van der Waals surface area contributed by atoms with E-state index in [-0.39, 0.29) is 0 Å². The van der Waals surface area contributed by atoms with E-state index in [1.54, 1.807) is 20.8 Å². The van der Waals surface area contributed by atoms with Crippen LogP contribution in [0.5, 0.6) is 0 Å². The maximum atomic E-state index is 12.9. The Labute approximate surface area is 148 Å². The SMILES string of the molecule is CCCC[C@@H](C(=O)N1CCC[C@H]1C(=O)OC(C)(C)C)[C@@H](O)C(=O)NO. The number of carbonyl (C=O) groups is 3. The number of esters is 1. The number of carbonyl (C=O) groups excluding carboxylic acids is 3. The van der Waals surface area contributed by atoms with Crippen molar-refractivity contribution in [1.82, 2.24) is 10.4 Å². The van der Waals surface area contributed by atoms with Crippen molar-refractivity contribution in [2.75, 3.05) is 6.54 Å². The van der Waals surface area contributed by atoms with Crippen LogP contribution in [0.3, 0.4) is 0 Å². The van der Waals surface area contributed by atoms with Gasteiger partial charge in [0.15, 0.2) is 0 Å². The molecule has 0 aromatic heterocycles. The van der Waals surface area contributed by atoms with E-state index in [9.17, 15) is 19.5 Å². The molecule has 0 aromatic rings. The summed E-state index contributed by atoms with van der Waals surface area (Å²) in [6.45, 7) is 7.57. The molecule has 3 atom stereocenters. The third kappa shape index (κ3) is 5.97. The highest BCUT2D eigenvalue weighted by molar-refractivity contribution is 5.91. The molecule has 1 heterocycles. The number of nitrogens with zero attached hydrogens (tertiary/aromatic N) is 1.